The van der Waals surface area contributed by atoms with Crippen molar-refractivity contribution in [2.24, 2.45) is 0 Å². The minimum absolute atomic E-state index is 0.404. The van der Waals surface area contributed by atoms with E-state index in [1.165, 1.54) is 5.56 Å². The van der Waals surface area contributed by atoms with E-state index in [1.807, 2.05) is 18.5 Å². The first-order valence-corrected chi connectivity index (χ1v) is 2.76. The van der Waals surface area contributed by atoms with Gasteiger partial charge in [0.1, 0.15) is 0 Å². The molecule has 1 aromatic rings. The van der Waals surface area contributed by atoms with E-state index in [4.69, 9.17) is 0 Å². The zero-order chi connectivity index (χ0) is 5.98. The van der Waals surface area contributed by atoms with Crippen LogP contribution < -0.4 is 0 Å². The lowest BCUT2D eigenvalue weighted by molar-refractivity contribution is 0.967. The van der Waals surface area contributed by atoms with Crippen LogP contribution in [-0.4, -0.2) is 4.98 Å². The van der Waals surface area contributed by atoms with Crippen LogP contribution in [-0.2, 0) is 0 Å². The number of aromatic amines is 1. The highest BCUT2D eigenvalue weighted by atomic mass is 14.6. The van der Waals surface area contributed by atoms with Crippen LogP contribution in [0.4, 0.5) is 0 Å². The lowest BCUT2D eigenvalue weighted by atomic mass is 10.1. The number of H-pyrrole nitrogens is 1. The molecule has 1 radical (unpaired) electrons. The molecular weight excluding hydrogens is 98.1 g/mol. The van der Waals surface area contributed by atoms with Gasteiger partial charge >= 0.3 is 0 Å². The molecule has 1 heterocycles. The molecule has 0 aliphatic heterocycles. The molecule has 43 valence electrons. The molecule has 0 spiro atoms. The van der Waals surface area contributed by atoms with E-state index in [1.54, 1.807) is 0 Å². The van der Waals surface area contributed by atoms with Crippen LogP contribution in [0.25, 0.3) is 0 Å². The summed E-state index contributed by atoms with van der Waals surface area (Å²) in [6.45, 7) is 5.93. The highest BCUT2D eigenvalue weighted by Crippen LogP contribution is 2.10. The largest absolute Gasteiger partial charge is 0.367 e. The van der Waals surface area contributed by atoms with Crippen molar-refractivity contribution in [3.63, 3.8) is 0 Å². The summed E-state index contributed by atoms with van der Waals surface area (Å²) >= 11 is 0. The van der Waals surface area contributed by atoms with Gasteiger partial charge in [0.2, 0.25) is 0 Å². The fourth-order valence-electron chi connectivity index (χ4n) is 0.643. The van der Waals surface area contributed by atoms with Gasteiger partial charge in [0, 0.05) is 12.4 Å². The van der Waals surface area contributed by atoms with Crippen LogP contribution in [0.3, 0.4) is 0 Å². The molecular formula is C7H10N. The number of hydrogen-bond acceptors (Lipinski definition) is 0. The van der Waals surface area contributed by atoms with Crippen LogP contribution in [0.5, 0.6) is 0 Å². The highest BCUT2D eigenvalue weighted by molar-refractivity contribution is 5.14. The zero-order valence-corrected chi connectivity index (χ0v) is 5.02. The maximum absolute atomic E-state index is 3.86. The van der Waals surface area contributed by atoms with Crippen molar-refractivity contribution >= 4 is 0 Å². The van der Waals surface area contributed by atoms with Gasteiger partial charge in [-0.15, -0.1) is 0 Å². The van der Waals surface area contributed by atoms with Gasteiger partial charge in [0.15, 0.2) is 0 Å². The lowest BCUT2D eigenvalue weighted by Gasteiger charge is -1.95. The molecule has 0 aliphatic carbocycles. The maximum Gasteiger partial charge on any atom is 0.00400 e. The second kappa shape index (κ2) is 2.03. The molecule has 1 heteroatoms. The lowest BCUT2D eigenvalue weighted by Crippen LogP contribution is -1.80. The van der Waals surface area contributed by atoms with E-state index in [0.717, 1.165) is 0 Å². The fourth-order valence-corrected chi connectivity index (χ4v) is 0.643. The number of rotatable bonds is 1. The van der Waals surface area contributed by atoms with Gasteiger partial charge in [-0.1, -0.05) is 6.92 Å². The van der Waals surface area contributed by atoms with Crippen molar-refractivity contribution in [2.45, 2.75) is 12.8 Å². The molecule has 1 rings (SSSR count). The number of aromatic nitrogens is 1. The first-order valence-electron chi connectivity index (χ1n) is 2.76. The first-order chi connectivity index (χ1) is 3.80. The summed E-state index contributed by atoms with van der Waals surface area (Å²) < 4.78 is 0. The minimum atomic E-state index is 0.404. The standard InChI is InChI=1S/C7H10N/c1-6(2)7-3-4-8-5-7/h3-6,8H,1H2,2H3. The first kappa shape index (κ1) is 5.42. The van der Waals surface area contributed by atoms with Crippen molar-refractivity contribution in [2.75, 3.05) is 0 Å². The smallest absolute Gasteiger partial charge is 0.00400 e. The summed E-state index contributed by atoms with van der Waals surface area (Å²) in [5.41, 5.74) is 1.27. The summed E-state index contributed by atoms with van der Waals surface area (Å²) in [6, 6.07) is 2.04. The Kier molecular flexibility index (Phi) is 1.38. The number of hydrogen-bond donors (Lipinski definition) is 1. The summed E-state index contributed by atoms with van der Waals surface area (Å²) in [7, 11) is 0. The van der Waals surface area contributed by atoms with E-state index < -0.39 is 0 Å². The quantitative estimate of drug-likeness (QED) is 0.566. The third-order valence-electron chi connectivity index (χ3n) is 1.19. The molecule has 0 aliphatic rings. The Morgan fingerprint density at radius 3 is 2.75 bits per heavy atom. The molecule has 8 heavy (non-hydrogen) atoms. The average molecular weight is 108 g/mol. The predicted molar refractivity (Wildman–Crippen MR) is 34.6 cm³/mol. The molecule has 0 bridgehead atoms. The Bertz CT molecular complexity index is 139. The Hall–Kier alpha value is -0.720. The maximum atomic E-state index is 3.86. The molecule has 0 aromatic carbocycles. The third-order valence-corrected chi connectivity index (χ3v) is 1.19. The second-order valence-electron chi connectivity index (χ2n) is 2.05. The van der Waals surface area contributed by atoms with E-state index in [-0.39, 0.29) is 0 Å². The van der Waals surface area contributed by atoms with E-state index in [9.17, 15) is 0 Å². The second-order valence-corrected chi connectivity index (χ2v) is 2.05. The highest BCUT2D eigenvalue weighted by Gasteiger charge is 1.94. The van der Waals surface area contributed by atoms with Crippen LogP contribution in [0, 0.1) is 6.92 Å². The van der Waals surface area contributed by atoms with Gasteiger partial charge in [-0.2, -0.15) is 0 Å². The fraction of sp³-hybridized carbons (Fsp3) is 0.286. The third kappa shape index (κ3) is 0.915. The van der Waals surface area contributed by atoms with E-state index in [2.05, 4.69) is 18.8 Å². The summed E-state index contributed by atoms with van der Waals surface area (Å²) in [5, 5.41) is 0. The molecule has 1 unspecified atom stereocenters. The zero-order valence-electron chi connectivity index (χ0n) is 5.02. The topological polar surface area (TPSA) is 15.8 Å². The summed E-state index contributed by atoms with van der Waals surface area (Å²) in [5.74, 6) is 0.404. The Balaban J connectivity index is 2.77. The molecule has 0 amide bonds. The minimum Gasteiger partial charge on any atom is -0.367 e. The Morgan fingerprint density at radius 2 is 2.50 bits per heavy atom. The van der Waals surface area contributed by atoms with Crippen molar-refractivity contribution in [1.82, 2.24) is 4.98 Å². The Morgan fingerprint density at radius 1 is 1.75 bits per heavy atom. The van der Waals surface area contributed by atoms with Gasteiger partial charge in [-0.3, -0.25) is 0 Å². The monoisotopic (exact) mass is 108 g/mol. The normalized spacial score (nSPS) is 10.4. The molecule has 0 fully saturated rings. The van der Waals surface area contributed by atoms with E-state index >= 15 is 0 Å². The summed E-state index contributed by atoms with van der Waals surface area (Å²) in [6.07, 6.45) is 3.88. The molecule has 1 nitrogen and oxygen atoms in total. The van der Waals surface area contributed by atoms with Gasteiger partial charge in [0.25, 0.3) is 0 Å². The van der Waals surface area contributed by atoms with Crippen LogP contribution >= 0.6 is 0 Å². The van der Waals surface area contributed by atoms with Gasteiger partial charge in [-0.25, -0.2) is 0 Å². The van der Waals surface area contributed by atoms with Crippen molar-refractivity contribution in [3.8, 4) is 0 Å². The molecule has 1 N–H and O–H groups in total. The van der Waals surface area contributed by atoms with Crippen molar-refractivity contribution < 1.29 is 0 Å². The van der Waals surface area contributed by atoms with Crippen molar-refractivity contribution in [1.29, 1.82) is 0 Å². The van der Waals surface area contributed by atoms with Crippen LogP contribution in [0.2, 0.25) is 0 Å². The van der Waals surface area contributed by atoms with Gasteiger partial charge < -0.3 is 4.98 Å². The Labute approximate surface area is 49.7 Å². The number of nitrogens with one attached hydrogen (secondary N) is 1. The van der Waals surface area contributed by atoms with Crippen molar-refractivity contribution in [3.05, 3.63) is 30.9 Å². The van der Waals surface area contributed by atoms with Gasteiger partial charge in [-0.05, 0) is 24.5 Å². The molecule has 0 saturated heterocycles. The van der Waals surface area contributed by atoms with Crippen LogP contribution in [0.15, 0.2) is 18.5 Å². The predicted octanol–water partition coefficient (Wildman–Crippen LogP) is 1.95. The molecule has 0 saturated carbocycles. The molecule has 1 atom stereocenters. The van der Waals surface area contributed by atoms with Gasteiger partial charge in [0.05, 0.1) is 0 Å². The summed E-state index contributed by atoms with van der Waals surface area (Å²) in [4.78, 5) is 2.97. The molecule has 1 aromatic heterocycles. The van der Waals surface area contributed by atoms with Crippen LogP contribution in [0.1, 0.15) is 18.4 Å². The van der Waals surface area contributed by atoms with E-state index in [0.29, 0.717) is 5.92 Å². The average Bonchev–Trinajstić information content (AvgIpc) is 2.12. The SMILES string of the molecule is [CH2]C(C)c1cc[nH]c1.